The summed E-state index contributed by atoms with van der Waals surface area (Å²) < 4.78 is 31.0. The number of aromatic hydroxyl groups is 1. The number of phenols is 1. The van der Waals surface area contributed by atoms with Gasteiger partial charge in [-0.05, 0) is 12.1 Å². The van der Waals surface area contributed by atoms with Crippen LogP contribution < -0.4 is 0 Å². The topological polar surface area (TPSA) is 33.4 Å². The van der Waals surface area contributed by atoms with Crippen LogP contribution in [0.3, 0.4) is 0 Å². The van der Waals surface area contributed by atoms with E-state index >= 15 is 0 Å². The van der Waals surface area contributed by atoms with Crippen molar-refractivity contribution >= 4 is 11.0 Å². The van der Waals surface area contributed by atoms with Gasteiger partial charge in [0.15, 0.2) is 0 Å². The molecule has 1 aromatic heterocycles. The Morgan fingerprint density at radius 2 is 2.07 bits per heavy atom. The van der Waals surface area contributed by atoms with E-state index in [4.69, 9.17) is 4.42 Å². The van der Waals surface area contributed by atoms with Crippen molar-refractivity contribution in [2.75, 3.05) is 0 Å². The number of rotatable bonds is 1. The van der Waals surface area contributed by atoms with Crippen molar-refractivity contribution < 1.29 is 18.3 Å². The van der Waals surface area contributed by atoms with Gasteiger partial charge in [0.2, 0.25) is 0 Å². The Kier molecular flexibility index (Phi) is 1.74. The predicted molar refractivity (Wildman–Crippen MR) is 47.4 cm³/mol. The van der Waals surface area contributed by atoms with Gasteiger partial charge in [-0.15, -0.1) is 0 Å². The molecule has 2 rings (SSSR count). The van der Waals surface area contributed by atoms with Gasteiger partial charge in [0.05, 0.1) is 10.9 Å². The average molecular weight is 198 g/mol. The molecule has 14 heavy (non-hydrogen) atoms. The van der Waals surface area contributed by atoms with Crippen molar-refractivity contribution in [3.8, 4) is 5.75 Å². The number of hydrogen-bond donors (Lipinski definition) is 1. The van der Waals surface area contributed by atoms with Crippen LogP contribution in [0.1, 0.15) is 12.5 Å². The second kappa shape index (κ2) is 2.70. The molecule has 2 aromatic rings. The highest BCUT2D eigenvalue weighted by molar-refractivity contribution is 5.87. The van der Waals surface area contributed by atoms with Gasteiger partial charge in [-0.2, -0.15) is 0 Å². The van der Waals surface area contributed by atoms with E-state index in [1.165, 1.54) is 12.1 Å². The summed E-state index contributed by atoms with van der Waals surface area (Å²) in [5.41, 5.74) is -0.0212. The summed E-state index contributed by atoms with van der Waals surface area (Å²) in [6.07, 6.45) is 0.977. The molecule has 1 heterocycles. The third kappa shape index (κ3) is 1.23. The van der Waals surface area contributed by atoms with Crippen LogP contribution in [0.2, 0.25) is 0 Å². The Morgan fingerprint density at radius 3 is 2.71 bits per heavy atom. The molecule has 0 amide bonds. The van der Waals surface area contributed by atoms with Gasteiger partial charge in [0.25, 0.3) is 5.92 Å². The summed E-state index contributed by atoms with van der Waals surface area (Å²) in [4.78, 5) is 0. The smallest absolute Gasteiger partial charge is 0.274 e. The molecule has 0 aliphatic heterocycles. The minimum absolute atomic E-state index is 0.0833. The molecule has 0 aliphatic carbocycles. The van der Waals surface area contributed by atoms with E-state index in [1.54, 1.807) is 6.07 Å². The molecule has 0 unspecified atom stereocenters. The van der Waals surface area contributed by atoms with E-state index in [0.29, 0.717) is 0 Å². The molecule has 0 radical (unpaired) electrons. The molecule has 0 fully saturated rings. The number of furan rings is 1. The van der Waals surface area contributed by atoms with Crippen molar-refractivity contribution in [2.45, 2.75) is 12.8 Å². The fourth-order valence-electron chi connectivity index (χ4n) is 1.39. The van der Waals surface area contributed by atoms with Crippen LogP contribution in [0.25, 0.3) is 11.0 Å². The fourth-order valence-corrected chi connectivity index (χ4v) is 1.39. The molecule has 0 bridgehead atoms. The highest BCUT2D eigenvalue weighted by Crippen LogP contribution is 2.38. The summed E-state index contributed by atoms with van der Waals surface area (Å²) in [5.74, 6) is -3.20. The number of phenolic OH excluding ortho intramolecular Hbond substituents is 1. The molecular weight excluding hydrogens is 190 g/mol. The van der Waals surface area contributed by atoms with Gasteiger partial charge in [0.1, 0.15) is 17.6 Å². The molecule has 0 spiro atoms. The molecule has 2 nitrogen and oxygen atoms in total. The molecular formula is C10H8F2O2. The number of benzene rings is 1. The SMILES string of the molecule is CC(F)(F)c1coc2cccc(O)c12. The third-order valence-corrected chi connectivity index (χ3v) is 2.05. The summed E-state index contributed by atoms with van der Waals surface area (Å²) in [7, 11) is 0. The first-order valence-electron chi connectivity index (χ1n) is 4.07. The van der Waals surface area contributed by atoms with E-state index in [0.717, 1.165) is 13.2 Å². The fraction of sp³-hybridized carbons (Fsp3) is 0.200. The number of alkyl halides is 2. The zero-order chi connectivity index (χ0) is 10.3. The van der Waals surface area contributed by atoms with Crippen molar-refractivity contribution in [3.63, 3.8) is 0 Å². The predicted octanol–water partition coefficient (Wildman–Crippen LogP) is 3.25. The van der Waals surface area contributed by atoms with E-state index in [2.05, 4.69) is 0 Å². The zero-order valence-electron chi connectivity index (χ0n) is 7.42. The van der Waals surface area contributed by atoms with Crippen molar-refractivity contribution in [2.24, 2.45) is 0 Å². The van der Waals surface area contributed by atoms with Crippen LogP contribution in [0.15, 0.2) is 28.9 Å². The largest absolute Gasteiger partial charge is 0.507 e. The van der Waals surface area contributed by atoms with Crippen LogP contribution in [0.5, 0.6) is 5.75 Å². The Bertz CT molecular complexity index is 468. The monoisotopic (exact) mass is 198 g/mol. The quantitative estimate of drug-likeness (QED) is 0.762. The summed E-state index contributed by atoms with van der Waals surface area (Å²) >= 11 is 0. The lowest BCUT2D eigenvalue weighted by molar-refractivity contribution is 0.0181. The molecule has 0 aliphatic rings. The van der Waals surface area contributed by atoms with Gasteiger partial charge in [-0.3, -0.25) is 0 Å². The lowest BCUT2D eigenvalue weighted by Crippen LogP contribution is -2.05. The third-order valence-electron chi connectivity index (χ3n) is 2.05. The number of halogens is 2. The van der Waals surface area contributed by atoms with Crippen LogP contribution >= 0.6 is 0 Å². The Hall–Kier alpha value is -1.58. The minimum atomic E-state index is -3.01. The maximum Gasteiger partial charge on any atom is 0.274 e. The maximum absolute atomic E-state index is 13.0. The van der Waals surface area contributed by atoms with Crippen LogP contribution in [-0.2, 0) is 5.92 Å². The van der Waals surface area contributed by atoms with Crippen molar-refractivity contribution in [1.29, 1.82) is 0 Å². The Balaban J connectivity index is 2.80. The lowest BCUT2D eigenvalue weighted by Gasteiger charge is -2.07. The van der Waals surface area contributed by atoms with Crippen LogP contribution in [0, 0.1) is 0 Å². The zero-order valence-corrected chi connectivity index (χ0v) is 7.42. The molecule has 74 valence electrons. The molecule has 0 atom stereocenters. The molecule has 0 saturated carbocycles. The van der Waals surface area contributed by atoms with E-state index < -0.39 is 5.92 Å². The highest BCUT2D eigenvalue weighted by Gasteiger charge is 2.30. The van der Waals surface area contributed by atoms with Crippen LogP contribution in [0.4, 0.5) is 8.78 Å². The second-order valence-corrected chi connectivity index (χ2v) is 3.19. The summed E-state index contributed by atoms with van der Waals surface area (Å²) in [6.45, 7) is 0.768. The summed E-state index contributed by atoms with van der Waals surface area (Å²) in [5, 5.41) is 9.49. The average Bonchev–Trinajstić information content (AvgIpc) is 2.47. The standard InChI is InChI=1S/C10H8F2O2/c1-10(11,12)6-5-14-8-4-2-3-7(13)9(6)8/h2-5,13H,1H3. The number of fused-ring (bicyclic) bond motifs is 1. The second-order valence-electron chi connectivity index (χ2n) is 3.19. The first kappa shape index (κ1) is 8.99. The summed E-state index contributed by atoms with van der Waals surface area (Å²) in [6, 6.07) is 4.43. The Morgan fingerprint density at radius 1 is 1.36 bits per heavy atom. The van der Waals surface area contributed by atoms with Gasteiger partial charge < -0.3 is 9.52 Å². The normalized spacial score (nSPS) is 12.2. The van der Waals surface area contributed by atoms with Crippen molar-refractivity contribution in [1.82, 2.24) is 0 Å². The van der Waals surface area contributed by atoms with Gasteiger partial charge in [-0.25, -0.2) is 8.78 Å². The molecule has 1 aromatic carbocycles. The minimum Gasteiger partial charge on any atom is -0.507 e. The lowest BCUT2D eigenvalue weighted by atomic mass is 10.1. The first-order chi connectivity index (χ1) is 6.50. The Labute approximate surface area is 78.8 Å². The van der Waals surface area contributed by atoms with Crippen molar-refractivity contribution in [3.05, 3.63) is 30.0 Å². The maximum atomic E-state index is 13.0. The molecule has 1 N–H and O–H groups in total. The van der Waals surface area contributed by atoms with Gasteiger partial charge >= 0.3 is 0 Å². The van der Waals surface area contributed by atoms with Crippen LogP contribution in [-0.4, -0.2) is 5.11 Å². The van der Waals surface area contributed by atoms with E-state index in [-0.39, 0.29) is 22.3 Å². The molecule has 0 saturated heterocycles. The highest BCUT2D eigenvalue weighted by atomic mass is 19.3. The first-order valence-corrected chi connectivity index (χ1v) is 4.07. The van der Waals surface area contributed by atoms with Gasteiger partial charge in [-0.1, -0.05) is 6.07 Å². The van der Waals surface area contributed by atoms with E-state index in [1.807, 2.05) is 0 Å². The van der Waals surface area contributed by atoms with E-state index in [9.17, 15) is 13.9 Å². The van der Waals surface area contributed by atoms with Gasteiger partial charge in [0, 0.05) is 6.92 Å². The number of hydrogen-bond acceptors (Lipinski definition) is 2. The molecule has 4 heteroatoms.